The molecule has 0 aliphatic rings. The second kappa shape index (κ2) is 5.22. The third kappa shape index (κ3) is 5.71. The van der Waals surface area contributed by atoms with Crippen LogP contribution in [0.2, 0.25) is 0 Å². The first-order valence-corrected chi connectivity index (χ1v) is 2.62. The van der Waals surface area contributed by atoms with Crippen LogP contribution in [0.4, 0.5) is 26.3 Å². The van der Waals surface area contributed by atoms with Crippen molar-refractivity contribution in [1.82, 2.24) is 0 Å². The van der Waals surface area contributed by atoms with Gasteiger partial charge in [0.25, 0.3) is 5.78 Å². The molecule has 0 radical (unpaired) electrons. The van der Waals surface area contributed by atoms with Gasteiger partial charge in [0.05, 0.1) is 0 Å². The first-order valence-electron chi connectivity index (χ1n) is 2.62. The number of rotatable bonds is 1. The molecule has 0 N–H and O–H groups in total. The van der Waals surface area contributed by atoms with Gasteiger partial charge in [0.1, 0.15) is 0 Å². The Labute approximate surface area is 104 Å². The minimum atomic E-state index is -5.46. The van der Waals surface area contributed by atoms with E-state index >= 15 is 0 Å². The molecule has 14 heavy (non-hydrogen) atoms. The molecule has 0 rings (SSSR count). The molecule has 0 aliphatic carbocycles. The van der Waals surface area contributed by atoms with Crippen molar-refractivity contribution >= 4 is 43.5 Å². The summed E-state index contributed by atoms with van der Waals surface area (Å²) in [6.45, 7) is 0. The molecule has 0 unspecified atom stereocenters. The fourth-order valence-corrected chi connectivity index (χ4v) is 0.283. The third-order valence-electron chi connectivity index (χ3n) is 0.821. The van der Waals surface area contributed by atoms with E-state index < -0.39 is 30.0 Å². The number of ketones is 1. The number of allylic oxidation sites excluding steroid dienone is 2. The maximum absolute atomic E-state index is 11.3. The molecule has 0 amide bonds. The molecule has 0 heterocycles. The van der Waals surface area contributed by atoms with Gasteiger partial charge in [-0.05, 0) is 11.8 Å². The quantitative estimate of drug-likeness (QED) is 0.294. The molecular weight excluding hydrogens is 246 g/mol. The molecule has 2 nitrogen and oxygen atoms in total. The predicted octanol–water partition coefficient (Wildman–Crippen LogP) is 0.543. The maximum Gasteiger partial charge on any atom is 2.00 e. The molecule has 0 aromatic rings. The summed E-state index contributed by atoms with van der Waals surface area (Å²) in [6, 6.07) is 0. The molecule has 0 saturated carbocycles. The molecule has 0 aliphatic heterocycles. The van der Waals surface area contributed by atoms with E-state index in [4.69, 9.17) is 0 Å². The molecule has 0 atom stereocenters. The average molecular weight is 247 g/mol. The zero-order valence-electron chi connectivity index (χ0n) is 6.37. The second-order valence-electron chi connectivity index (χ2n) is 1.87. The van der Waals surface area contributed by atoms with E-state index in [0.717, 1.165) is 0 Å². The molecule has 9 heteroatoms. The molecule has 0 saturated heterocycles. The van der Waals surface area contributed by atoms with Crippen LogP contribution in [-0.4, -0.2) is 55.9 Å². The maximum atomic E-state index is 11.3. The topological polar surface area (TPSA) is 40.1 Å². The number of hydrogen-bond donors (Lipinski definition) is 0. The van der Waals surface area contributed by atoms with E-state index in [1.165, 1.54) is 0 Å². The van der Waals surface area contributed by atoms with Crippen LogP contribution in [0.15, 0.2) is 11.8 Å². The summed E-state index contributed by atoms with van der Waals surface area (Å²) in [4.78, 5) is 9.82. The van der Waals surface area contributed by atoms with Gasteiger partial charge in [-0.15, -0.1) is 0 Å². The Bertz CT molecular complexity index is 240. The second-order valence-corrected chi connectivity index (χ2v) is 1.87. The smallest absolute Gasteiger partial charge is 0.869 e. The number of halogens is 6. The Kier molecular flexibility index (Phi) is 6.15. The van der Waals surface area contributed by atoms with Gasteiger partial charge in [0.15, 0.2) is 0 Å². The molecule has 0 bridgehead atoms. The number of carbonyl (C=O) groups is 1. The molecule has 0 aromatic heterocycles. The standard InChI is InChI=1S/C5H2F6O2.Ca/c6-4(7,8)2(12)1-3(13)5(9,10)11;/h1,12H;/q;+2/p-1. The summed E-state index contributed by atoms with van der Waals surface area (Å²) in [7, 11) is 0. The van der Waals surface area contributed by atoms with Gasteiger partial charge in [-0.25, -0.2) is 0 Å². The van der Waals surface area contributed by atoms with E-state index in [2.05, 4.69) is 0 Å². The number of alkyl halides is 6. The van der Waals surface area contributed by atoms with Crippen molar-refractivity contribution in [3.63, 3.8) is 0 Å². The predicted molar refractivity (Wildman–Crippen MR) is 31.0 cm³/mol. The van der Waals surface area contributed by atoms with Crippen molar-refractivity contribution in [2.75, 3.05) is 0 Å². The normalized spacial score (nSPS) is 13.4. The Morgan fingerprint density at radius 1 is 1.00 bits per heavy atom. The summed E-state index contributed by atoms with van der Waals surface area (Å²) in [5.41, 5.74) is 0. The van der Waals surface area contributed by atoms with Crippen LogP contribution in [0, 0.1) is 0 Å². The van der Waals surface area contributed by atoms with Gasteiger partial charge >= 0.3 is 50.1 Å². The average Bonchev–Trinajstić information content (AvgIpc) is 1.82. The summed E-state index contributed by atoms with van der Waals surface area (Å²) < 4.78 is 67.8. The van der Waals surface area contributed by atoms with Gasteiger partial charge in [0.2, 0.25) is 0 Å². The van der Waals surface area contributed by atoms with Crippen LogP contribution < -0.4 is 5.11 Å². The summed E-state index contributed by atoms with van der Waals surface area (Å²) >= 11 is 0. The van der Waals surface area contributed by atoms with Crippen LogP contribution in [0.3, 0.4) is 0 Å². The van der Waals surface area contributed by atoms with Crippen LogP contribution >= 0.6 is 0 Å². The zero-order valence-corrected chi connectivity index (χ0v) is 8.58. The Balaban J connectivity index is 0. The first kappa shape index (κ1) is 16.5. The van der Waals surface area contributed by atoms with E-state index in [1.54, 1.807) is 0 Å². The van der Waals surface area contributed by atoms with Gasteiger partial charge < -0.3 is 5.11 Å². The van der Waals surface area contributed by atoms with Gasteiger partial charge in [-0.3, -0.25) is 4.79 Å². The monoisotopic (exact) mass is 247 g/mol. The van der Waals surface area contributed by atoms with Gasteiger partial charge in [-0.2, -0.15) is 26.3 Å². The molecule has 76 valence electrons. The van der Waals surface area contributed by atoms with Crippen LogP contribution in [0.1, 0.15) is 0 Å². The van der Waals surface area contributed by atoms with E-state index in [1.807, 2.05) is 0 Å². The largest absolute Gasteiger partial charge is 2.00 e. The Hall–Kier alpha value is 0.0497. The fraction of sp³-hybridized carbons (Fsp3) is 0.400. The van der Waals surface area contributed by atoms with Crippen molar-refractivity contribution in [3.8, 4) is 0 Å². The van der Waals surface area contributed by atoms with Crippen molar-refractivity contribution < 1.29 is 36.2 Å². The summed E-state index contributed by atoms with van der Waals surface area (Å²) in [5.74, 6) is -5.65. The summed E-state index contributed by atoms with van der Waals surface area (Å²) in [6.07, 6.45) is -11.9. The minimum Gasteiger partial charge on any atom is -0.869 e. The van der Waals surface area contributed by atoms with Crippen molar-refractivity contribution in [1.29, 1.82) is 0 Å². The van der Waals surface area contributed by atoms with Crippen molar-refractivity contribution in [3.05, 3.63) is 11.8 Å². The van der Waals surface area contributed by atoms with E-state index in [0.29, 0.717) is 0 Å². The minimum absolute atomic E-state index is 0. The summed E-state index contributed by atoms with van der Waals surface area (Å²) in [5, 5.41) is 9.82. The molecule has 0 spiro atoms. The number of carbonyl (C=O) groups excluding carboxylic acids is 1. The Morgan fingerprint density at radius 2 is 1.36 bits per heavy atom. The van der Waals surface area contributed by atoms with Crippen LogP contribution in [0.5, 0.6) is 0 Å². The van der Waals surface area contributed by atoms with Crippen LogP contribution in [0.25, 0.3) is 0 Å². The zero-order chi connectivity index (χ0) is 10.9. The van der Waals surface area contributed by atoms with Crippen molar-refractivity contribution in [2.24, 2.45) is 0 Å². The molecule has 0 aromatic carbocycles. The Morgan fingerprint density at radius 3 is 1.57 bits per heavy atom. The van der Waals surface area contributed by atoms with Crippen molar-refractivity contribution in [2.45, 2.75) is 12.4 Å². The fourth-order valence-electron chi connectivity index (χ4n) is 0.283. The number of hydrogen-bond acceptors (Lipinski definition) is 2. The first-order chi connectivity index (χ1) is 5.55. The van der Waals surface area contributed by atoms with E-state index in [-0.39, 0.29) is 37.7 Å². The van der Waals surface area contributed by atoms with Crippen LogP contribution in [-0.2, 0) is 4.79 Å². The third-order valence-corrected chi connectivity index (χ3v) is 0.821. The molecular formula is C5HCaF6O2+. The van der Waals surface area contributed by atoms with E-state index in [9.17, 15) is 36.2 Å². The SMILES string of the molecule is O=C(C=C([O-])C(F)(F)F)C(F)(F)F.[Ca+2]. The van der Waals surface area contributed by atoms with Gasteiger partial charge in [0, 0.05) is 0 Å². The molecule has 0 fully saturated rings. The van der Waals surface area contributed by atoms with Gasteiger partial charge in [-0.1, -0.05) is 0 Å².